The number of carbonyl (C=O) groups is 1. The lowest BCUT2D eigenvalue weighted by Gasteiger charge is -2.09. The fourth-order valence-electron chi connectivity index (χ4n) is 2.26. The van der Waals surface area contributed by atoms with Gasteiger partial charge in [0.2, 0.25) is 0 Å². The van der Waals surface area contributed by atoms with Gasteiger partial charge in [-0.05, 0) is 36.6 Å². The van der Waals surface area contributed by atoms with E-state index in [-0.39, 0.29) is 16.7 Å². The van der Waals surface area contributed by atoms with Crippen LogP contribution in [0.3, 0.4) is 0 Å². The molecule has 1 N–H and O–H groups in total. The molecule has 0 fully saturated rings. The maximum Gasteiger partial charge on any atom is 0.416 e. The van der Waals surface area contributed by atoms with Crippen LogP contribution in [-0.2, 0) is 6.18 Å². The van der Waals surface area contributed by atoms with Crippen molar-refractivity contribution in [3.63, 3.8) is 0 Å². The maximum atomic E-state index is 12.9. The summed E-state index contributed by atoms with van der Waals surface area (Å²) in [5.74, 6) is -0.375. The van der Waals surface area contributed by atoms with Gasteiger partial charge in [-0.2, -0.15) is 23.4 Å². The van der Waals surface area contributed by atoms with Crippen molar-refractivity contribution in [1.29, 1.82) is 0 Å². The first-order valence-corrected chi connectivity index (χ1v) is 8.83. The molecule has 0 saturated heterocycles. The SMILES string of the molecule is Cc1nn(-c2cccc(C(F)(F)F)c2)c(Cl)c1C=NNC(=O)c1cccs1. The molecule has 1 aromatic carbocycles. The highest BCUT2D eigenvalue weighted by Crippen LogP contribution is 2.31. The summed E-state index contributed by atoms with van der Waals surface area (Å²) in [6, 6.07) is 8.06. The molecule has 0 aliphatic carbocycles. The molecule has 2 aromatic heterocycles. The number of halogens is 4. The van der Waals surface area contributed by atoms with E-state index < -0.39 is 11.7 Å². The van der Waals surface area contributed by atoms with E-state index in [1.807, 2.05) is 0 Å². The van der Waals surface area contributed by atoms with Crippen LogP contribution in [0.4, 0.5) is 13.2 Å². The second-order valence-electron chi connectivity index (χ2n) is 5.43. The van der Waals surface area contributed by atoms with Crippen molar-refractivity contribution < 1.29 is 18.0 Å². The molecule has 0 radical (unpaired) electrons. The first-order valence-electron chi connectivity index (χ1n) is 7.57. The van der Waals surface area contributed by atoms with Crippen LogP contribution in [0, 0.1) is 6.92 Å². The first kappa shape index (κ1) is 19.1. The van der Waals surface area contributed by atoms with Gasteiger partial charge in [0.1, 0.15) is 5.15 Å². The number of aromatic nitrogens is 2. The van der Waals surface area contributed by atoms with E-state index in [2.05, 4.69) is 15.6 Å². The van der Waals surface area contributed by atoms with E-state index in [1.54, 1.807) is 24.4 Å². The van der Waals surface area contributed by atoms with Crippen LogP contribution in [0.2, 0.25) is 5.15 Å². The van der Waals surface area contributed by atoms with Crippen LogP contribution < -0.4 is 5.43 Å². The summed E-state index contributed by atoms with van der Waals surface area (Å²) >= 11 is 7.53. The van der Waals surface area contributed by atoms with Crippen molar-refractivity contribution >= 4 is 35.1 Å². The molecule has 2 heterocycles. The van der Waals surface area contributed by atoms with Crippen molar-refractivity contribution in [2.24, 2.45) is 5.10 Å². The molecule has 140 valence electrons. The van der Waals surface area contributed by atoms with Crippen molar-refractivity contribution in [2.45, 2.75) is 13.1 Å². The Kier molecular flexibility index (Phi) is 5.33. The van der Waals surface area contributed by atoms with Gasteiger partial charge in [-0.25, -0.2) is 10.1 Å². The number of thiophene rings is 1. The first-order chi connectivity index (χ1) is 12.8. The second-order valence-corrected chi connectivity index (χ2v) is 6.73. The predicted octanol–water partition coefficient (Wildman–Crippen LogP) is 4.68. The van der Waals surface area contributed by atoms with Crippen molar-refractivity contribution in [2.75, 3.05) is 0 Å². The Balaban J connectivity index is 1.85. The third-order valence-corrected chi connectivity index (χ3v) is 4.80. The lowest BCUT2D eigenvalue weighted by Crippen LogP contribution is -2.16. The van der Waals surface area contributed by atoms with Gasteiger partial charge < -0.3 is 0 Å². The van der Waals surface area contributed by atoms with Gasteiger partial charge in [0.25, 0.3) is 5.91 Å². The fraction of sp³-hybridized carbons (Fsp3) is 0.118. The lowest BCUT2D eigenvalue weighted by molar-refractivity contribution is -0.137. The van der Waals surface area contributed by atoms with Gasteiger partial charge in [-0.3, -0.25) is 4.79 Å². The van der Waals surface area contributed by atoms with Crippen LogP contribution in [0.5, 0.6) is 0 Å². The van der Waals surface area contributed by atoms with Crippen molar-refractivity contribution in [3.8, 4) is 5.69 Å². The monoisotopic (exact) mass is 412 g/mol. The molecule has 0 spiro atoms. The minimum Gasteiger partial charge on any atom is -0.266 e. The van der Waals surface area contributed by atoms with E-state index in [1.165, 1.54) is 34.4 Å². The van der Waals surface area contributed by atoms with Gasteiger partial charge in [-0.1, -0.05) is 23.7 Å². The Hall–Kier alpha value is -2.65. The Morgan fingerprint density at radius 3 is 2.78 bits per heavy atom. The molecule has 3 aromatic rings. The number of hydrogen-bond acceptors (Lipinski definition) is 4. The van der Waals surface area contributed by atoms with Gasteiger partial charge in [0.05, 0.1) is 33.6 Å². The van der Waals surface area contributed by atoms with Crippen LogP contribution >= 0.6 is 22.9 Å². The Morgan fingerprint density at radius 1 is 1.33 bits per heavy atom. The number of nitrogens with one attached hydrogen (secondary N) is 1. The zero-order chi connectivity index (χ0) is 19.6. The number of amides is 1. The Labute approximate surface area is 161 Å². The molecule has 0 aliphatic heterocycles. The predicted molar refractivity (Wildman–Crippen MR) is 97.7 cm³/mol. The molecular formula is C17H12ClF3N4OS. The highest BCUT2D eigenvalue weighted by molar-refractivity contribution is 7.12. The van der Waals surface area contributed by atoms with Crippen LogP contribution in [-0.4, -0.2) is 21.9 Å². The van der Waals surface area contributed by atoms with E-state index in [9.17, 15) is 18.0 Å². The van der Waals surface area contributed by atoms with Crippen molar-refractivity contribution in [3.05, 3.63) is 68.6 Å². The van der Waals surface area contributed by atoms with E-state index >= 15 is 0 Å². The molecule has 10 heteroatoms. The summed E-state index contributed by atoms with van der Waals surface area (Å²) in [4.78, 5) is 12.3. The molecule has 27 heavy (non-hydrogen) atoms. The average molecular weight is 413 g/mol. The van der Waals surface area contributed by atoms with E-state index in [4.69, 9.17) is 11.6 Å². The number of hydrazone groups is 1. The molecule has 0 saturated carbocycles. The zero-order valence-corrected chi connectivity index (χ0v) is 15.4. The summed E-state index contributed by atoms with van der Waals surface area (Å²) in [6.45, 7) is 1.64. The number of aryl methyl sites for hydroxylation is 1. The van der Waals surface area contributed by atoms with Gasteiger partial charge >= 0.3 is 6.18 Å². The van der Waals surface area contributed by atoms with E-state index in [0.717, 1.165) is 12.1 Å². The topological polar surface area (TPSA) is 59.3 Å². The van der Waals surface area contributed by atoms with Gasteiger partial charge in [-0.15, -0.1) is 11.3 Å². The van der Waals surface area contributed by atoms with E-state index in [0.29, 0.717) is 16.1 Å². The molecule has 0 atom stereocenters. The summed E-state index contributed by atoms with van der Waals surface area (Å²) < 4.78 is 39.9. The number of benzene rings is 1. The minimum atomic E-state index is -4.47. The lowest BCUT2D eigenvalue weighted by atomic mass is 10.2. The Bertz CT molecular complexity index is 996. The average Bonchev–Trinajstić information content (AvgIpc) is 3.25. The largest absolute Gasteiger partial charge is 0.416 e. The minimum absolute atomic E-state index is 0.0842. The van der Waals surface area contributed by atoms with Crippen molar-refractivity contribution in [1.82, 2.24) is 15.2 Å². The highest BCUT2D eigenvalue weighted by Gasteiger charge is 2.30. The normalized spacial score (nSPS) is 11.9. The van der Waals surface area contributed by atoms with Gasteiger partial charge in [0.15, 0.2) is 0 Å². The smallest absolute Gasteiger partial charge is 0.266 e. The van der Waals surface area contributed by atoms with Crippen LogP contribution in [0.15, 0.2) is 46.9 Å². The molecule has 0 aliphatic rings. The zero-order valence-electron chi connectivity index (χ0n) is 13.8. The standard InChI is InChI=1S/C17H12ClF3N4OS/c1-10-13(9-22-23-16(26)14-6-3-7-27-14)15(18)25(24-10)12-5-2-4-11(8-12)17(19,20)21/h2-9H,1H3,(H,23,26). The maximum absolute atomic E-state index is 12.9. The quantitative estimate of drug-likeness (QED) is 0.499. The molecule has 5 nitrogen and oxygen atoms in total. The van der Waals surface area contributed by atoms with Crippen LogP contribution in [0.1, 0.15) is 26.5 Å². The number of rotatable bonds is 4. The fourth-order valence-corrected chi connectivity index (χ4v) is 3.20. The van der Waals surface area contributed by atoms with Gasteiger partial charge in [0, 0.05) is 0 Å². The number of nitrogens with zero attached hydrogens (tertiary/aromatic N) is 3. The number of hydrogen-bond donors (Lipinski definition) is 1. The number of alkyl halides is 3. The highest BCUT2D eigenvalue weighted by atomic mass is 35.5. The summed E-state index contributed by atoms with van der Waals surface area (Å²) in [7, 11) is 0. The Morgan fingerprint density at radius 2 is 2.11 bits per heavy atom. The third-order valence-electron chi connectivity index (χ3n) is 3.57. The third kappa shape index (κ3) is 4.20. The van der Waals surface area contributed by atoms with Crippen LogP contribution in [0.25, 0.3) is 5.69 Å². The molecular weight excluding hydrogens is 401 g/mol. The summed E-state index contributed by atoms with van der Waals surface area (Å²) in [5, 5.41) is 9.86. The molecule has 3 rings (SSSR count). The summed E-state index contributed by atoms with van der Waals surface area (Å²) in [5.41, 5.74) is 2.57. The second kappa shape index (κ2) is 7.53. The summed E-state index contributed by atoms with van der Waals surface area (Å²) in [6.07, 6.45) is -3.17. The number of carbonyl (C=O) groups excluding carboxylic acids is 1. The molecule has 0 unspecified atom stereocenters. The molecule has 0 bridgehead atoms. The molecule has 1 amide bonds.